The average Bonchev–Trinajstić information content (AvgIpc) is 2.70. The summed E-state index contributed by atoms with van der Waals surface area (Å²) in [6, 6.07) is 16.8. The zero-order chi connectivity index (χ0) is 19.9. The lowest BCUT2D eigenvalue weighted by atomic mass is 9.78. The fourth-order valence-electron chi connectivity index (χ4n) is 2.76. The number of hydrogen-bond donors (Lipinski definition) is 0. The normalized spacial score (nSPS) is 13.9. The number of ether oxygens (including phenoxy) is 2. The summed E-state index contributed by atoms with van der Waals surface area (Å²) in [7, 11) is 0. The lowest BCUT2D eigenvalue weighted by Gasteiger charge is -2.26. The van der Waals surface area contributed by atoms with E-state index in [9.17, 15) is 0 Å². The Morgan fingerprint density at radius 2 is 1.22 bits per heavy atom. The minimum atomic E-state index is -0.0911. The van der Waals surface area contributed by atoms with Crippen LogP contribution in [-0.2, 0) is 5.41 Å². The van der Waals surface area contributed by atoms with Crippen LogP contribution < -0.4 is 9.47 Å². The van der Waals surface area contributed by atoms with Gasteiger partial charge in [0.1, 0.15) is 18.1 Å². The fourth-order valence-corrected chi connectivity index (χ4v) is 2.83. The van der Waals surface area contributed by atoms with E-state index in [1.807, 2.05) is 12.1 Å². The largest absolute Gasteiger partial charge is 0.493 e. The molecule has 3 heteroatoms. The zero-order valence-electron chi connectivity index (χ0n) is 17.3. The Hall–Kier alpha value is -1.67. The SMILES string of the molecule is CC[C@H](C)COc1ccc(C(C)(C)c2ccc(OC[C@H](Cl)CC)cc2)cc1. The van der Waals surface area contributed by atoms with Gasteiger partial charge in [-0.15, -0.1) is 11.6 Å². The molecule has 27 heavy (non-hydrogen) atoms. The Morgan fingerprint density at radius 1 is 0.778 bits per heavy atom. The average molecular weight is 389 g/mol. The van der Waals surface area contributed by atoms with Gasteiger partial charge in [-0.1, -0.05) is 65.3 Å². The van der Waals surface area contributed by atoms with Gasteiger partial charge < -0.3 is 9.47 Å². The minimum absolute atomic E-state index is 0.0576. The van der Waals surface area contributed by atoms with Gasteiger partial charge in [-0.3, -0.25) is 0 Å². The first-order valence-electron chi connectivity index (χ1n) is 9.97. The van der Waals surface area contributed by atoms with Gasteiger partial charge in [0.05, 0.1) is 12.0 Å². The van der Waals surface area contributed by atoms with Crippen LogP contribution in [-0.4, -0.2) is 18.6 Å². The molecule has 0 radical (unpaired) electrons. The molecule has 0 amide bonds. The maximum atomic E-state index is 6.12. The Bertz CT molecular complexity index is 617. The van der Waals surface area contributed by atoms with Gasteiger partial charge in [0.25, 0.3) is 0 Å². The smallest absolute Gasteiger partial charge is 0.119 e. The van der Waals surface area contributed by atoms with Crippen LogP contribution in [0.3, 0.4) is 0 Å². The molecular formula is C24H33ClO2. The van der Waals surface area contributed by atoms with E-state index in [1.54, 1.807) is 0 Å². The molecule has 0 saturated heterocycles. The molecule has 0 unspecified atom stereocenters. The van der Waals surface area contributed by atoms with Crippen molar-refractivity contribution in [1.29, 1.82) is 0 Å². The molecule has 2 rings (SSSR count). The van der Waals surface area contributed by atoms with Gasteiger partial charge in [-0.25, -0.2) is 0 Å². The molecule has 0 aliphatic heterocycles. The van der Waals surface area contributed by atoms with Crippen molar-refractivity contribution in [2.24, 2.45) is 5.92 Å². The first-order chi connectivity index (χ1) is 12.9. The van der Waals surface area contributed by atoms with Crippen molar-refractivity contribution < 1.29 is 9.47 Å². The lowest BCUT2D eigenvalue weighted by molar-refractivity contribution is 0.256. The standard InChI is InChI=1S/C24H33ClO2/c1-6-18(3)16-26-22-12-8-19(9-13-22)24(4,5)20-10-14-23(15-11-20)27-17-21(25)7-2/h8-15,18,21H,6-7,16-17H2,1-5H3/t18-,21+/m0/s1. The topological polar surface area (TPSA) is 18.5 Å². The maximum Gasteiger partial charge on any atom is 0.119 e. The van der Waals surface area contributed by atoms with Gasteiger partial charge in [-0.2, -0.15) is 0 Å². The highest BCUT2D eigenvalue weighted by Gasteiger charge is 2.23. The molecule has 2 aromatic carbocycles. The van der Waals surface area contributed by atoms with E-state index in [4.69, 9.17) is 21.1 Å². The quantitative estimate of drug-likeness (QED) is 0.415. The molecule has 0 fully saturated rings. The molecule has 0 N–H and O–H groups in total. The van der Waals surface area contributed by atoms with Crippen molar-refractivity contribution >= 4 is 11.6 Å². The molecule has 0 aliphatic carbocycles. The number of rotatable bonds is 10. The summed E-state index contributed by atoms with van der Waals surface area (Å²) in [5.41, 5.74) is 2.42. The highest BCUT2D eigenvalue weighted by molar-refractivity contribution is 6.20. The van der Waals surface area contributed by atoms with Crippen molar-refractivity contribution in [2.75, 3.05) is 13.2 Å². The Balaban J connectivity index is 2.04. The Labute approximate surface area is 169 Å². The maximum absolute atomic E-state index is 6.12. The summed E-state index contributed by atoms with van der Waals surface area (Å²) in [6.45, 7) is 12.2. The Kier molecular flexibility index (Phi) is 8.04. The third kappa shape index (κ3) is 6.17. The lowest BCUT2D eigenvalue weighted by Crippen LogP contribution is -2.19. The van der Waals surface area contributed by atoms with E-state index < -0.39 is 0 Å². The highest BCUT2D eigenvalue weighted by atomic mass is 35.5. The molecule has 2 aromatic rings. The van der Waals surface area contributed by atoms with E-state index in [-0.39, 0.29) is 10.8 Å². The molecular weight excluding hydrogens is 356 g/mol. The molecule has 0 aromatic heterocycles. The van der Waals surface area contributed by atoms with Crippen molar-refractivity contribution in [2.45, 2.75) is 58.3 Å². The second-order valence-corrected chi connectivity index (χ2v) is 8.43. The summed E-state index contributed by atoms with van der Waals surface area (Å²) in [4.78, 5) is 0. The second kappa shape index (κ2) is 10.0. The number of benzene rings is 2. The molecule has 0 heterocycles. The molecule has 2 nitrogen and oxygen atoms in total. The minimum Gasteiger partial charge on any atom is -0.493 e. The summed E-state index contributed by atoms with van der Waals surface area (Å²) in [6.07, 6.45) is 2.04. The summed E-state index contributed by atoms with van der Waals surface area (Å²) in [5.74, 6) is 2.38. The van der Waals surface area contributed by atoms with Crippen LogP contribution in [0.2, 0.25) is 0 Å². The van der Waals surface area contributed by atoms with E-state index in [0.717, 1.165) is 30.9 Å². The van der Waals surface area contributed by atoms with Gasteiger partial charge in [-0.05, 0) is 47.7 Å². The molecule has 148 valence electrons. The predicted molar refractivity (Wildman–Crippen MR) is 115 cm³/mol. The van der Waals surface area contributed by atoms with Crippen LogP contribution in [0.15, 0.2) is 48.5 Å². The van der Waals surface area contributed by atoms with Crippen molar-refractivity contribution in [3.8, 4) is 11.5 Å². The second-order valence-electron chi connectivity index (χ2n) is 7.81. The van der Waals surface area contributed by atoms with Gasteiger partial charge in [0.15, 0.2) is 0 Å². The monoisotopic (exact) mass is 388 g/mol. The summed E-state index contributed by atoms with van der Waals surface area (Å²) in [5, 5.41) is 0.0576. The summed E-state index contributed by atoms with van der Waals surface area (Å²) >= 11 is 6.12. The highest BCUT2D eigenvalue weighted by Crippen LogP contribution is 2.33. The molecule has 0 aliphatic rings. The van der Waals surface area contributed by atoms with Crippen molar-refractivity contribution in [3.63, 3.8) is 0 Å². The van der Waals surface area contributed by atoms with Crippen LogP contribution in [0.4, 0.5) is 0 Å². The third-order valence-electron chi connectivity index (χ3n) is 5.26. The van der Waals surface area contributed by atoms with E-state index in [2.05, 4.69) is 71.0 Å². The number of hydrogen-bond acceptors (Lipinski definition) is 2. The molecule has 0 bridgehead atoms. The first-order valence-corrected chi connectivity index (χ1v) is 10.4. The molecule has 2 atom stereocenters. The number of alkyl halides is 1. The van der Waals surface area contributed by atoms with E-state index in [0.29, 0.717) is 12.5 Å². The van der Waals surface area contributed by atoms with Gasteiger partial charge >= 0.3 is 0 Å². The molecule has 0 saturated carbocycles. The molecule has 0 spiro atoms. The predicted octanol–water partition coefficient (Wildman–Crippen LogP) is 6.83. The third-order valence-corrected chi connectivity index (χ3v) is 5.69. The number of halogens is 1. The first kappa shape index (κ1) is 21.6. The van der Waals surface area contributed by atoms with Crippen LogP contribution in [0.5, 0.6) is 11.5 Å². The van der Waals surface area contributed by atoms with Crippen molar-refractivity contribution in [3.05, 3.63) is 59.7 Å². The van der Waals surface area contributed by atoms with Gasteiger partial charge in [0, 0.05) is 5.41 Å². The van der Waals surface area contributed by atoms with Crippen LogP contribution in [0.25, 0.3) is 0 Å². The van der Waals surface area contributed by atoms with Gasteiger partial charge in [0.2, 0.25) is 0 Å². The Morgan fingerprint density at radius 3 is 1.63 bits per heavy atom. The zero-order valence-corrected chi connectivity index (χ0v) is 18.1. The van der Waals surface area contributed by atoms with E-state index in [1.165, 1.54) is 11.1 Å². The van der Waals surface area contributed by atoms with Crippen LogP contribution in [0, 0.1) is 5.92 Å². The van der Waals surface area contributed by atoms with Crippen LogP contribution in [0.1, 0.15) is 58.6 Å². The fraction of sp³-hybridized carbons (Fsp3) is 0.500. The van der Waals surface area contributed by atoms with Crippen LogP contribution >= 0.6 is 11.6 Å². The summed E-state index contributed by atoms with van der Waals surface area (Å²) < 4.78 is 11.6. The van der Waals surface area contributed by atoms with E-state index >= 15 is 0 Å². The van der Waals surface area contributed by atoms with Crippen molar-refractivity contribution in [1.82, 2.24) is 0 Å².